The van der Waals surface area contributed by atoms with E-state index in [2.05, 4.69) is 31.9 Å². The Bertz CT molecular complexity index is 635. The molecule has 0 spiro atoms. The van der Waals surface area contributed by atoms with Crippen LogP contribution in [0.3, 0.4) is 0 Å². The Kier molecular flexibility index (Phi) is 6.01. The molecule has 3 rings (SSSR count). The van der Waals surface area contributed by atoms with E-state index >= 15 is 0 Å². The standard InChI is InChI=1S/C17H23N3O3S/c1-2-22-17(21)16-14(8-18-19-16)10-20(9-13-5-7-24-12-13)11-15-4-3-6-23-15/h5,7-8,12,15H,2-4,6,9-11H2,1H3,(H,18,19)/t15-/m0/s1. The van der Waals surface area contributed by atoms with E-state index in [9.17, 15) is 4.79 Å². The number of H-pyrrole nitrogens is 1. The second-order valence-electron chi connectivity index (χ2n) is 5.93. The van der Waals surface area contributed by atoms with E-state index in [4.69, 9.17) is 9.47 Å². The Morgan fingerprint density at radius 1 is 1.54 bits per heavy atom. The van der Waals surface area contributed by atoms with E-state index in [1.807, 2.05) is 0 Å². The van der Waals surface area contributed by atoms with Crippen molar-refractivity contribution in [3.8, 4) is 0 Å². The molecular formula is C17H23N3O3S. The van der Waals surface area contributed by atoms with Gasteiger partial charge in [0.05, 0.1) is 18.9 Å². The van der Waals surface area contributed by atoms with Gasteiger partial charge in [-0.3, -0.25) is 10.00 Å². The van der Waals surface area contributed by atoms with Crippen molar-refractivity contribution in [2.24, 2.45) is 0 Å². The van der Waals surface area contributed by atoms with Crippen molar-refractivity contribution in [1.29, 1.82) is 0 Å². The molecule has 1 aliphatic rings. The minimum Gasteiger partial charge on any atom is -0.461 e. The molecule has 1 atom stereocenters. The van der Waals surface area contributed by atoms with Crippen molar-refractivity contribution in [2.45, 2.75) is 39.0 Å². The van der Waals surface area contributed by atoms with Gasteiger partial charge in [-0.2, -0.15) is 16.4 Å². The molecular weight excluding hydrogens is 326 g/mol. The first kappa shape index (κ1) is 17.1. The van der Waals surface area contributed by atoms with Gasteiger partial charge in [-0.05, 0) is 42.2 Å². The van der Waals surface area contributed by atoms with Crippen LogP contribution in [0.1, 0.15) is 41.4 Å². The fourth-order valence-corrected chi connectivity index (χ4v) is 3.61. The van der Waals surface area contributed by atoms with Crippen molar-refractivity contribution < 1.29 is 14.3 Å². The van der Waals surface area contributed by atoms with E-state index in [0.29, 0.717) is 18.8 Å². The number of rotatable bonds is 8. The third-order valence-corrected chi connectivity index (χ3v) is 4.80. The summed E-state index contributed by atoms with van der Waals surface area (Å²) in [6.45, 7) is 5.32. The smallest absolute Gasteiger partial charge is 0.356 e. The molecule has 0 saturated carbocycles. The molecule has 0 aromatic carbocycles. The van der Waals surface area contributed by atoms with Crippen LogP contribution in [-0.2, 0) is 22.6 Å². The van der Waals surface area contributed by atoms with Gasteiger partial charge < -0.3 is 9.47 Å². The Hall–Kier alpha value is -1.70. The SMILES string of the molecule is CCOC(=O)c1[nH]ncc1CN(Cc1ccsc1)C[C@@H]1CCCO1. The second-order valence-corrected chi connectivity index (χ2v) is 6.71. The summed E-state index contributed by atoms with van der Waals surface area (Å²) in [7, 11) is 0. The number of aromatic nitrogens is 2. The fraction of sp³-hybridized carbons (Fsp3) is 0.529. The van der Waals surface area contributed by atoms with Crippen molar-refractivity contribution >= 4 is 17.3 Å². The van der Waals surface area contributed by atoms with E-state index in [1.54, 1.807) is 24.5 Å². The highest BCUT2D eigenvalue weighted by Crippen LogP contribution is 2.19. The maximum absolute atomic E-state index is 12.0. The van der Waals surface area contributed by atoms with Crippen LogP contribution in [0.5, 0.6) is 0 Å². The molecule has 0 aliphatic carbocycles. The summed E-state index contributed by atoms with van der Waals surface area (Å²) in [6, 6.07) is 2.13. The van der Waals surface area contributed by atoms with Crippen LogP contribution in [-0.4, -0.2) is 46.9 Å². The molecule has 3 heterocycles. The Morgan fingerprint density at radius 3 is 3.17 bits per heavy atom. The predicted molar refractivity (Wildman–Crippen MR) is 92.0 cm³/mol. The molecule has 0 amide bonds. The summed E-state index contributed by atoms with van der Waals surface area (Å²) in [6.07, 6.45) is 4.19. The molecule has 1 saturated heterocycles. The van der Waals surface area contributed by atoms with Crippen LogP contribution >= 0.6 is 11.3 Å². The van der Waals surface area contributed by atoms with Crippen LogP contribution in [0.15, 0.2) is 23.0 Å². The zero-order valence-corrected chi connectivity index (χ0v) is 14.7. The van der Waals surface area contributed by atoms with Crippen LogP contribution < -0.4 is 0 Å². The lowest BCUT2D eigenvalue weighted by molar-refractivity contribution is 0.0513. The molecule has 1 fully saturated rings. The quantitative estimate of drug-likeness (QED) is 0.742. The third-order valence-electron chi connectivity index (χ3n) is 4.06. The number of thiophene rings is 1. The summed E-state index contributed by atoms with van der Waals surface area (Å²) in [4.78, 5) is 14.3. The minimum absolute atomic E-state index is 0.265. The Morgan fingerprint density at radius 2 is 2.46 bits per heavy atom. The molecule has 1 N–H and O–H groups in total. The van der Waals surface area contributed by atoms with Gasteiger partial charge in [-0.15, -0.1) is 0 Å². The largest absolute Gasteiger partial charge is 0.461 e. The maximum Gasteiger partial charge on any atom is 0.356 e. The maximum atomic E-state index is 12.0. The molecule has 1 aliphatic heterocycles. The Labute approximate surface area is 145 Å². The highest BCUT2D eigenvalue weighted by Gasteiger charge is 2.22. The lowest BCUT2D eigenvalue weighted by atomic mass is 10.1. The van der Waals surface area contributed by atoms with Gasteiger partial charge in [-0.1, -0.05) is 0 Å². The fourth-order valence-electron chi connectivity index (χ4n) is 2.95. The summed E-state index contributed by atoms with van der Waals surface area (Å²) >= 11 is 1.70. The molecule has 0 bridgehead atoms. The monoisotopic (exact) mass is 349 g/mol. The van der Waals surface area contributed by atoms with Gasteiger partial charge in [-0.25, -0.2) is 4.79 Å². The van der Waals surface area contributed by atoms with Gasteiger partial charge in [0.25, 0.3) is 0 Å². The van der Waals surface area contributed by atoms with Gasteiger partial charge in [0.15, 0.2) is 0 Å². The second kappa shape index (κ2) is 8.41. The zero-order chi connectivity index (χ0) is 16.8. The molecule has 6 nitrogen and oxygen atoms in total. The summed E-state index contributed by atoms with van der Waals surface area (Å²) in [5, 5.41) is 11.0. The highest BCUT2D eigenvalue weighted by molar-refractivity contribution is 7.07. The summed E-state index contributed by atoms with van der Waals surface area (Å²) in [5.41, 5.74) is 2.58. The first-order valence-electron chi connectivity index (χ1n) is 8.30. The van der Waals surface area contributed by atoms with Crippen molar-refractivity contribution in [3.63, 3.8) is 0 Å². The number of nitrogens with zero attached hydrogens (tertiary/aromatic N) is 2. The van der Waals surface area contributed by atoms with E-state index in [0.717, 1.165) is 38.1 Å². The lowest BCUT2D eigenvalue weighted by Crippen LogP contribution is -2.31. The topological polar surface area (TPSA) is 67.5 Å². The number of carbonyl (C=O) groups is 1. The Balaban J connectivity index is 1.70. The molecule has 130 valence electrons. The van der Waals surface area contributed by atoms with Crippen molar-refractivity contribution in [2.75, 3.05) is 19.8 Å². The molecule has 7 heteroatoms. The average Bonchev–Trinajstić information content (AvgIpc) is 3.29. The molecule has 0 unspecified atom stereocenters. The highest BCUT2D eigenvalue weighted by atomic mass is 32.1. The summed E-state index contributed by atoms with van der Waals surface area (Å²) < 4.78 is 10.9. The van der Waals surface area contributed by atoms with Gasteiger partial charge in [0.1, 0.15) is 5.69 Å². The minimum atomic E-state index is -0.349. The van der Waals surface area contributed by atoms with Crippen LogP contribution in [0.2, 0.25) is 0 Å². The van der Waals surface area contributed by atoms with Crippen molar-refractivity contribution in [1.82, 2.24) is 15.1 Å². The number of hydrogen-bond donors (Lipinski definition) is 1. The molecule has 2 aromatic rings. The normalized spacial score (nSPS) is 17.5. The van der Waals surface area contributed by atoms with E-state index in [-0.39, 0.29) is 12.1 Å². The van der Waals surface area contributed by atoms with Crippen LogP contribution in [0.25, 0.3) is 0 Å². The average molecular weight is 349 g/mol. The number of esters is 1. The first-order valence-corrected chi connectivity index (χ1v) is 9.25. The lowest BCUT2D eigenvalue weighted by Gasteiger charge is -2.24. The van der Waals surface area contributed by atoms with E-state index in [1.165, 1.54) is 5.56 Å². The van der Waals surface area contributed by atoms with Crippen LogP contribution in [0.4, 0.5) is 0 Å². The zero-order valence-electron chi connectivity index (χ0n) is 13.9. The number of nitrogens with one attached hydrogen (secondary N) is 1. The van der Waals surface area contributed by atoms with E-state index < -0.39 is 0 Å². The molecule has 24 heavy (non-hydrogen) atoms. The van der Waals surface area contributed by atoms with Crippen molar-refractivity contribution in [3.05, 3.63) is 39.8 Å². The number of aromatic amines is 1. The predicted octanol–water partition coefficient (Wildman–Crippen LogP) is 2.83. The van der Waals surface area contributed by atoms with Gasteiger partial charge in [0, 0.05) is 31.8 Å². The van der Waals surface area contributed by atoms with Gasteiger partial charge in [0.2, 0.25) is 0 Å². The number of hydrogen-bond acceptors (Lipinski definition) is 6. The number of ether oxygens (including phenoxy) is 2. The third kappa shape index (κ3) is 4.43. The molecule has 2 aromatic heterocycles. The molecule has 0 radical (unpaired) electrons. The van der Waals surface area contributed by atoms with Gasteiger partial charge >= 0.3 is 5.97 Å². The summed E-state index contributed by atoms with van der Waals surface area (Å²) in [5.74, 6) is -0.349. The van der Waals surface area contributed by atoms with Crippen LogP contribution in [0, 0.1) is 0 Å². The first-order chi connectivity index (χ1) is 11.8. The number of carbonyl (C=O) groups excluding carboxylic acids is 1.